The van der Waals surface area contributed by atoms with Gasteiger partial charge in [-0.15, -0.1) is 4.74 Å². The van der Waals surface area contributed by atoms with Crippen LogP contribution in [0.15, 0.2) is 74.8 Å². The van der Waals surface area contributed by atoms with Gasteiger partial charge in [-0.05, 0) is 53.8 Å². The van der Waals surface area contributed by atoms with Crippen LogP contribution < -0.4 is 16.2 Å². The third-order valence-electron chi connectivity index (χ3n) is 5.07. The number of hydrogen-bond acceptors (Lipinski definition) is 4. The fraction of sp³-hybridized carbons (Fsp3) is 0.167. The maximum absolute atomic E-state index is 14.4. The summed E-state index contributed by atoms with van der Waals surface area (Å²) in [4.78, 5) is 24.5. The maximum Gasteiger partial charge on any atom is 0.440 e. The molecule has 0 aliphatic carbocycles. The molecule has 3 aromatic carbocycles. The molecule has 0 unspecified atom stereocenters. The van der Waals surface area contributed by atoms with E-state index in [1.807, 2.05) is 23.2 Å². The van der Waals surface area contributed by atoms with Crippen molar-refractivity contribution >= 4 is 0 Å². The Balaban J connectivity index is 1.48. The summed E-state index contributed by atoms with van der Waals surface area (Å²) >= 11 is 0. The molecule has 0 bridgehead atoms. The van der Waals surface area contributed by atoms with E-state index in [0.29, 0.717) is 5.75 Å². The SMILES string of the molecule is Cc1cccc(C)c1-c1cccc(COc2ccc(Cn3oc(=O)[nH]c3=O)c(F)c2)c1. The standard InChI is InChI=1S/C24H21FN2O4/c1-15-5-3-6-16(2)22(15)18-8-4-7-17(11-18)14-30-20-10-9-19(21(25)12-20)13-27-23(28)26-24(29)31-27/h3-12H,13-14H2,1-2H3,(H,26,28,29). The summed E-state index contributed by atoms with van der Waals surface area (Å²) in [5.74, 6) is -1.08. The monoisotopic (exact) mass is 420 g/mol. The molecule has 0 saturated heterocycles. The van der Waals surface area contributed by atoms with E-state index in [1.165, 1.54) is 28.8 Å². The molecule has 0 aliphatic rings. The molecule has 0 fully saturated rings. The number of aromatic nitrogens is 2. The van der Waals surface area contributed by atoms with Gasteiger partial charge in [-0.2, -0.15) is 0 Å². The fourth-order valence-electron chi connectivity index (χ4n) is 3.57. The Kier molecular flexibility index (Phi) is 5.58. The van der Waals surface area contributed by atoms with Crippen molar-refractivity contribution in [3.05, 3.63) is 110 Å². The van der Waals surface area contributed by atoms with Crippen molar-refractivity contribution in [3.63, 3.8) is 0 Å². The predicted molar refractivity (Wildman–Crippen MR) is 115 cm³/mol. The first kappa shape index (κ1) is 20.4. The zero-order chi connectivity index (χ0) is 22.0. The number of benzene rings is 3. The Morgan fingerprint density at radius 1 is 1.00 bits per heavy atom. The van der Waals surface area contributed by atoms with Crippen molar-refractivity contribution in [3.8, 4) is 16.9 Å². The first-order chi connectivity index (χ1) is 14.9. The van der Waals surface area contributed by atoms with Crippen LogP contribution in [-0.2, 0) is 13.2 Å². The number of rotatable bonds is 6. The van der Waals surface area contributed by atoms with Gasteiger partial charge in [-0.3, -0.25) is 0 Å². The van der Waals surface area contributed by atoms with E-state index < -0.39 is 17.3 Å². The van der Waals surface area contributed by atoms with E-state index in [9.17, 15) is 14.0 Å². The normalized spacial score (nSPS) is 10.9. The average Bonchev–Trinajstić information content (AvgIpc) is 3.05. The molecule has 158 valence electrons. The predicted octanol–water partition coefficient (Wildman–Crippen LogP) is 4.18. The minimum Gasteiger partial charge on any atom is -0.489 e. The molecule has 1 aromatic heterocycles. The molecule has 1 heterocycles. The van der Waals surface area contributed by atoms with Crippen molar-refractivity contribution < 1.29 is 13.7 Å². The van der Waals surface area contributed by atoms with Crippen LogP contribution in [0.4, 0.5) is 4.39 Å². The molecule has 7 heteroatoms. The first-order valence-corrected chi connectivity index (χ1v) is 9.78. The van der Waals surface area contributed by atoms with Gasteiger partial charge in [-0.1, -0.05) is 42.5 Å². The van der Waals surface area contributed by atoms with E-state index >= 15 is 0 Å². The quantitative estimate of drug-likeness (QED) is 0.508. The van der Waals surface area contributed by atoms with Crippen LogP contribution in [0.5, 0.6) is 5.75 Å². The Hall–Kier alpha value is -3.87. The zero-order valence-corrected chi connectivity index (χ0v) is 17.1. The Morgan fingerprint density at radius 2 is 1.74 bits per heavy atom. The molecule has 6 nitrogen and oxygen atoms in total. The second kappa shape index (κ2) is 8.47. The van der Waals surface area contributed by atoms with E-state index in [4.69, 9.17) is 4.74 Å². The van der Waals surface area contributed by atoms with Crippen LogP contribution in [-0.4, -0.2) is 9.72 Å². The number of hydrogen-bond donors (Lipinski definition) is 1. The summed E-state index contributed by atoms with van der Waals surface area (Å²) in [7, 11) is 0. The lowest BCUT2D eigenvalue weighted by atomic mass is 9.95. The van der Waals surface area contributed by atoms with Gasteiger partial charge in [-0.25, -0.2) is 19.0 Å². The molecular formula is C24H21FN2O4. The van der Waals surface area contributed by atoms with Gasteiger partial charge in [0, 0.05) is 11.6 Å². The van der Waals surface area contributed by atoms with E-state index in [1.54, 1.807) is 6.07 Å². The van der Waals surface area contributed by atoms with Crippen LogP contribution in [0, 0.1) is 19.7 Å². The van der Waals surface area contributed by atoms with Crippen LogP contribution in [0.2, 0.25) is 0 Å². The van der Waals surface area contributed by atoms with Gasteiger partial charge in [0.15, 0.2) is 0 Å². The highest BCUT2D eigenvalue weighted by molar-refractivity contribution is 5.71. The summed E-state index contributed by atoms with van der Waals surface area (Å²) in [5, 5.41) is 0. The number of nitrogens with one attached hydrogen (secondary N) is 1. The topological polar surface area (TPSA) is 77.2 Å². The van der Waals surface area contributed by atoms with Crippen LogP contribution in [0.25, 0.3) is 11.1 Å². The van der Waals surface area contributed by atoms with Crippen LogP contribution in [0.1, 0.15) is 22.3 Å². The lowest BCUT2D eigenvalue weighted by Gasteiger charge is -2.12. The van der Waals surface area contributed by atoms with E-state index in [2.05, 4.69) is 42.6 Å². The molecule has 0 saturated carbocycles. The van der Waals surface area contributed by atoms with E-state index in [0.717, 1.165) is 15.9 Å². The molecule has 4 rings (SSSR count). The van der Waals surface area contributed by atoms with E-state index in [-0.39, 0.29) is 18.7 Å². The van der Waals surface area contributed by atoms with Crippen molar-refractivity contribution in [1.82, 2.24) is 9.72 Å². The summed E-state index contributed by atoms with van der Waals surface area (Å²) in [6.45, 7) is 4.26. The highest BCUT2D eigenvalue weighted by atomic mass is 19.1. The van der Waals surface area contributed by atoms with Gasteiger partial charge in [0.05, 0.1) is 6.54 Å². The number of nitrogens with zero attached hydrogens (tertiary/aromatic N) is 1. The first-order valence-electron chi connectivity index (χ1n) is 9.78. The second-order valence-corrected chi connectivity index (χ2v) is 7.35. The fourth-order valence-corrected chi connectivity index (χ4v) is 3.57. The van der Waals surface area contributed by atoms with Crippen molar-refractivity contribution in [2.45, 2.75) is 27.0 Å². The largest absolute Gasteiger partial charge is 0.489 e. The maximum atomic E-state index is 14.4. The van der Waals surface area contributed by atoms with Crippen molar-refractivity contribution in [1.29, 1.82) is 0 Å². The van der Waals surface area contributed by atoms with Crippen LogP contribution >= 0.6 is 0 Å². The number of aromatic amines is 1. The Bertz CT molecular complexity index is 1330. The Labute approximate surface area is 177 Å². The van der Waals surface area contributed by atoms with Crippen molar-refractivity contribution in [2.75, 3.05) is 0 Å². The highest BCUT2D eigenvalue weighted by Crippen LogP contribution is 2.28. The summed E-state index contributed by atoms with van der Waals surface area (Å²) in [6, 6.07) is 18.6. The molecule has 0 spiro atoms. The number of H-pyrrole nitrogens is 1. The van der Waals surface area contributed by atoms with Crippen molar-refractivity contribution in [2.24, 2.45) is 0 Å². The number of aryl methyl sites for hydroxylation is 2. The second-order valence-electron chi connectivity index (χ2n) is 7.35. The molecule has 1 N–H and O–H groups in total. The van der Waals surface area contributed by atoms with Gasteiger partial charge >= 0.3 is 11.4 Å². The van der Waals surface area contributed by atoms with Gasteiger partial charge in [0.2, 0.25) is 0 Å². The van der Waals surface area contributed by atoms with Gasteiger partial charge in [0.25, 0.3) is 0 Å². The molecule has 0 radical (unpaired) electrons. The van der Waals surface area contributed by atoms with Crippen LogP contribution in [0.3, 0.4) is 0 Å². The molecule has 31 heavy (non-hydrogen) atoms. The van der Waals surface area contributed by atoms with Gasteiger partial charge in [0.1, 0.15) is 18.2 Å². The lowest BCUT2D eigenvalue weighted by Crippen LogP contribution is -2.17. The molecule has 4 aromatic rings. The Morgan fingerprint density at radius 3 is 2.42 bits per heavy atom. The highest BCUT2D eigenvalue weighted by Gasteiger charge is 2.10. The average molecular weight is 420 g/mol. The third kappa shape index (κ3) is 4.50. The lowest BCUT2D eigenvalue weighted by molar-refractivity contribution is 0.255. The molecule has 0 aliphatic heterocycles. The minimum absolute atomic E-state index is 0.193. The molecule has 0 atom stereocenters. The minimum atomic E-state index is -0.881. The summed E-state index contributed by atoms with van der Waals surface area (Å²) in [5.41, 5.74) is 5.15. The van der Waals surface area contributed by atoms with Gasteiger partial charge < -0.3 is 9.26 Å². The summed E-state index contributed by atoms with van der Waals surface area (Å²) < 4.78 is 25.7. The molecular weight excluding hydrogens is 399 g/mol. The molecule has 0 amide bonds. The summed E-state index contributed by atoms with van der Waals surface area (Å²) in [6.07, 6.45) is 0. The smallest absolute Gasteiger partial charge is 0.440 e. The zero-order valence-electron chi connectivity index (χ0n) is 17.1. The number of ether oxygens (including phenoxy) is 1. The number of halogens is 1. The third-order valence-corrected chi connectivity index (χ3v) is 5.07.